The van der Waals surface area contributed by atoms with Crippen LogP contribution in [0.1, 0.15) is 18.4 Å². The number of aromatic nitrogens is 2. The molecule has 29 heavy (non-hydrogen) atoms. The number of hydrogen-bond donors (Lipinski definition) is 1. The third-order valence-corrected chi connectivity index (χ3v) is 5.85. The normalized spacial score (nSPS) is 16.6. The van der Waals surface area contributed by atoms with Crippen molar-refractivity contribution in [3.8, 4) is 17.1 Å². The molecule has 3 heterocycles. The van der Waals surface area contributed by atoms with Crippen LogP contribution in [0.4, 0.5) is 6.01 Å². The van der Waals surface area contributed by atoms with Crippen LogP contribution in [0, 0.1) is 5.92 Å². The molecule has 0 saturated carbocycles. The summed E-state index contributed by atoms with van der Waals surface area (Å²) in [5.74, 6) is 1.34. The number of anilines is 1. The highest BCUT2D eigenvalue weighted by molar-refractivity contribution is 7.07. The summed E-state index contributed by atoms with van der Waals surface area (Å²) in [6.07, 6.45) is 2.66. The minimum Gasteiger partial charge on any atom is -0.497 e. The van der Waals surface area contributed by atoms with Gasteiger partial charge in [0.15, 0.2) is 0 Å². The molecule has 0 spiro atoms. The number of benzene rings is 1. The highest BCUT2D eigenvalue weighted by Gasteiger charge is 2.28. The Hall–Kier alpha value is -2.87. The Labute approximate surface area is 173 Å². The van der Waals surface area contributed by atoms with Crippen molar-refractivity contribution in [3.05, 3.63) is 46.7 Å². The van der Waals surface area contributed by atoms with Crippen LogP contribution in [0.15, 0.2) is 45.6 Å². The van der Waals surface area contributed by atoms with Gasteiger partial charge in [-0.3, -0.25) is 4.79 Å². The lowest BCUT2D eigenvalue weighted by molar-refractivity contribution is -0.125. The summed E-state index contributed by atoms with van der Waals surface area (Å²) >= 11 is 1.68. The van der Waals surface area contributed by atoms with Gasteiger partial charge in [-0.05, 0) is 65.9 Å². The molecule has 1 unspecified atom stereocenters. The van der Waals surface area contributed by atoms with E-state index in [9.17, 15) is 4.79 Å². The largest absolute Gasteiger partial charge is 0.497 e. The molecule has 1 aliphatic heterocycles. The van der Waals surface area contributed by atoms with Crippen LogP contribution in [0.25, 0.3) is 11.4 Å². The number of thiophene rings is 1. The molecule has 1 fully saturated rings. The van der Waals surface area contributed by atoms with Crippen molar-refractivity contribution in [2.24, 2.45) is 5.92 Å². The fourth-order valence-corrected chi connectivity index (χ4v) is 4.18. The molecule has 1 aromatic carbocycles. The Morgan fingerprint density at radius 3 is 2.97 bits per heavy atom. The van der Waals surface area contributed by atoms with Crippen LogP contribution in [0.2, 0.25) is 0 Å². The lowest BCUT2D eigenvalue weighted by Gasteiger charge is -2.30. The fourth-order valence-electron chi connectivity index (χ4n) is 3.48. The number of hydrogen-bond acceptors (Lipinski definition) is 7. The first-order valence-corrected chi connectivity index (χ1v) is 10.7. The van der Waals surface area contributed by atoms with Crippen molar-refractivity contribution in [2.45, 2.75) is 19.3 Å². The van der Waals surface area contributed by atoms with Crippen LogP contribution < -0.4 is 15.0 Å². The van der Waals surface area contributed by atoms with Crippen molar-refractivity contribution in [3.63, 3.8) is 0 Å². The Bertz CT molecular complexity index is 924. The predicted molar refractivity (Wildman–Crippen MR) is 112 cm³/mol. The predicted octanol–water partition coefficient (Wildman–Crippen LogP) is 3.38. The zero-order chi connectivity index (χ0) is 20.1. The highest BCUT2D eigenvalue weighted by Crippen LogP contribution is 2.25. The number of carbonyl (C=O) groups is 1. The van der Waals surface area contributed by atoms with Crippen molar-refractivity contribution in [1.82, 2.24) is 15.5 Å². The number of piperidine rings is 1. The van der Waals surface area contributed by atoms with Crippen LogP contribution in [0.5, 0.6) is 5.75 Å². The van der Waals surface area contributed by atoms with E-state index in [1.54, 1.807) is 18.4 Å². The summed E-state index contributed by atoms with van der Waals surface area (Å²) in [5.41, 5.74) is 2.12. The monoisotopic (exact) mass is 412 g/mol. The molecule has 0 radical (unpaired) electrons. The van der Waals surface area contributed by atoms with E-state index in [1.165, 1.54) is 5.56 Å². The Morgan fingerprint density at radius 2 is 2.21 bits per heavy atom. The maximum Gasteiger partial charge on any atom is 0.324 e. The van der Waals surface area contributed by atoms with Crippen molar-refractivity contribution < 1.29 is 14.1 Å². The summed E-state index contributed by atoms with van der Waals surface area (Å²) in [6.45, 7) is 2.06. The lowest BCUT2D eigenvalue weighted by Crippen LogP contribution is -2.43. The molecule has 1 aliphatic rings. The maximum absolute atomic E-state index is 12.6. The molecule has 2 aromatic heterocycles. The molecule has 1 atom stereocenters. The summed E-state index contributed by atoms with van der Waals surface area (Å²) in [6, 6.07) is 10.1. The third kappa shape index (κ3) is 4.76. The molecule has 0 bridgehead atoms. The smallest absolute Gasteiger partial charge is 0.324 e. The first-order valence-electron chi connectivity index (χ1n) is 9.75. The van der Waals surface area contributed by atoms with Gasteiger partial charge >= 0.3 is 6.01 Å². The SMILES string of the molecule is COc1ccc(-c2noc(N3CCCC(C(=O)NCCc4ccsc4)C3)n2)cc1. The van der Waals surface area contributed by atoms with E-state index in [-0.39, 0.29) is 11.8 Å². The third-order valence-electron chi connectivity index (χ3n) is 5.12. The molecule has 1 saturated heterocycles. The zero-order valence-electron chi connectivity index (χ0n) is 16.3. The number of methoxy groups -OCH3 is 1. The van der Waals surface area contributed by atoms with Gasteiger partial charge in [-0.25, -0.2) is 0 Å². The van der Waals surface area contributed by atoms with Gasteiger partial charge in [0.25, 0.3) is 0 Å². The van der Waals surface area contributed by atoms with Crippen LogP contribution >= 0.6 is 11.3 Å². The molecular formula is C21H24N4O3S. The number of amides is 1. The van der Waals surface area contributed by atoms with E-state index in [0.29, 0.717) is 24.9 Å². The molecule has 3 aromatic rings. The number of rotatable bonds is 7. The molecule has 8 heteroatoms. The number of nitrogens with one attached hydrogen (secondary N) is 1. The van der Waals surface area contributed by atoms with Crippen LogP contribution in [-0.2, 0) is 11.2 Å². The van der Waals surface area contributed by atoms with Crippen molar-refractivity contribution in [1.29, 1.82) is 0 Å². The molecule has 152 valence electrons. The summed E-state index contributed by atoms with van der Waals surface area (Å²) in [4.78, 5) is 19.1. The number of carbonyl (C=O) groups excluding carboxylic acids is 1. The first-order chi connectivity index (χ1) is 14.2. The average Bonchev–Trinajstić information content (AvgIpc) is 3.46. The summed E-state index contributed by atoms with van der Waals surface area (Å²) in [7, 11) is 1.63. The van der Waals surface area contributed by atoms with Crippen molar-refractivity contribution >= 4 is 23.3 Å². The average molecular weight is 413 g/mol. The van der Waals surface area contributed by atoms with E-state index < -0.39 is 0 Å². The van der Waals surface area contributed by atoms with Crippen LogP contribution in [-0.4, -0.2) is 42.8 Å². The Balaban J connectivity index is 1.34. The first kappa shape index (κ1) is 19.4. The van der Waals surface area contributed by atoms with Gasteiger partial charge in [0.1, 0.15) is 5.75 Å². The molecule has 1 amide bonds. The topological polar surface area (TPSA) is 80.5 Å². The van der Waals surface area contributed by atoms with Gasteiger partial charge < -0.3 is 19.5 Å². The molecule has 0 aliphatic carbocycles. The Morgan fingerprint density at radius 1 is 1.34 bits per heavy atom. The van der Waals surface area contributed by atoms with E-state index in [4.69, 9.17) is 9.26 Å². The molecule has 1 N–H and O–H groups in total. The molecule has 7 nitrogen and oxygen atoms in total. The summed E-state index contributed by atoms with van der Waals surface area (Å²) in [5, 5.41) is 11.3. The second-order valence-electron chi connectivity index (χ2n) is 7.09. The minimum absolute atomic E-state index is 0.0671. The fraction of sp³-hybridized carbons (Fsp3) is 0.381. The van der Waals surface area contributed by atoms with Crippen molar-refractivity contribution in [2.75, 3.05) is 31.6 Å². The Kier molecular flexibility index (Phi) is 6.09. The van der Waals surface area contributed by atoms with E-state index in [0.717, 1.165) is 37.1 Å². The van der Waals surface area contributed by atoms with Gasteiger partial charge in [-0.1, -0.05) is 5.16 Å². The second-order valence-corrected chi connectivity index (χ2v) is 7.87. The van der Waals surface area contributed by atoms with Gasteiger partial charge in [-0.2, -0.15) is 16.3 Å². The van der Waals surface area contributed by atoms with Gasteiger partial charge in [0.05, 0.1) is 13.0 Å². The second kappa shape index (κ2) is 9.09. The number of ether oxygens (including phenoxy) is 1. The molecular weight excluding hydrogens is 388 g/mol. The van der Waals surface area contributed by atoms with E-state index in [1.807, 2.05) is 29.2 Å². The van der Waals surface area contributed by atoms with Gasteiger partial charge in [0, 0.05) is 25.2 Å². The van der Waals surface area contributed by atoms with Crippen LogP contribution in [0.3, 0.4) is 0 Å². The van der Waals surface area contributed by atoms with Gasteiger partial charge in [-0.15, -0.1) is 0 Å². The summed E-state index contributed by atoms with van der Waals surface area (Å²) < 4.78 is 10.7. The zero-order valence-corrected chi connectivity index (χ0v) is 17.2. The van der Waals surface area contributed by atoms with Gasteiger partial charge in [0.2, 0.25) is 11.7 Å². The van der Waals surface area contributed by atoms with E-state index in [2.05, 4.69) is 32.3 Å². The molecule has 4 rings (SSSR count). The standard InChI is InChI=1S/C21H24N4O3S/c1-27-18-6-4-16(5-7-18)19-23-21(28-24-19)25-11-2-3-17(13-25)20(26)22-10-8-15-9-12-29-14-15/h4-7,9,12,14,17H,2-3,8,10-11,13H2,1H3,(H,22,26). The lowest BCUT2D eigenvalue weighted by atomic mass is 9.97. The highest BCUT2D eigenvalue weighted by atomic mass is 32.1. The maximum atomic E-state index is 12.6. The van der Waals surface area contributed by atoms with E-state index >= 15 is 0 Å². The number of nitrogens with zero attached hydrogens (tertiary/aromatic N) is 3. The minimum atomic E-state index is -0.0671. The quantitative estimate of drug-likeness (QED) is 0.641.